The van der Waals surface area contributed by atoms with Crippen molar-refractivity contribution < 1.29 is 30.8 Å². The molecule has 57 heavy (non-hydrogen) atoms. The van der Waals surface area contributed by atoms with Gasteiger partial charge in [0.2, 0.25) is 0 Å². The fraction of sp³-hybridized carbons (Fsp3) is 0.205. The van der Waals surface area contributed by atoms with Gasteiger partial charge in [0.05, 0.1) is 22.3 Å². The van der Waals surface area contributed by atoms with E-state index in [-0.39, 0.29) is 14.6 Å². The van der Waals surface area contributed by atoms with Crippen molar-refractivity contribution >= 4 is 72.8 Å². The van der Waals surface area contributed by atoms with E-state index >= 15 is 0 Å². The molecule has 2 amide bonds. The van der Waals surface area contributed by atoms with Gasteiger partial charge in [-0.25, -0.2) is 23.5 Å². The molecule has 0 radical (unpaired) electrons. The first kappa shape index (κ1) is 41.0. The van der Waals surface area contributed by atoms with Crippen molar-refractivity contribution in [1.82, 2.24) is 9.97 Å². The van der Waals surface area contributed by atoms with Crippen LogP contribution in [0.4, 0.5) is 20.4 Å². The summed E-state index contributed by atoms with van der Waals surface area (Å²) in [4.78, 5) is 49.1. The van der Waals surface area contributed by atoms with Gasteiger partial charge in [-0.2, -0.15) is 0 Å². The number of hydrogen-bond acceptors (Lipinski definition) is 9. The molecule has 0 aliphatic heterocycles. The van der Waals surface area contributed by atoms with E-state index in [1.807, 2.05) is 80.1 Å². The molecule has 0 fully saturated rings. The number of amides is 2. The number of nitrogens with zero attached hydrogens (tertiary/aromatic N) is 2. The fourth-order valence-electron chi connectivity index (χ4n) is 6.52. The molecule has 13 heteroatoms. The topological polar surface area (TPSA) is 110 Å². The molecule has 0 bridgehead atoms. The second kappa shape index (κ2) is 18.5. The Labute approximate surface area is 344 Å². The maximum absolute atomic E-state index is 13.8. The monoisotopic (exact) mass is 826 g/mol. The van der Waals surface area contributed by atoms with Crippen molar-refractivity contribution in [2.75, 3.05) is 17.7 Å². The molecule has 8 nitrogen and oxygen atoms in total. The highest BCUT2D eigenvalue weighted by molar-refractivity contribution is 7.29. The van der Waals surface area contributed by atoms with Crippen LogP contribution in [0.5, 0.6) is 0 Å². The molecular formula is C44H44F2N4O4S3. The van der Waals surface area contributed by atoms with E-state index in [9.17, 15) is 23.2 Å². The van der Waals surface area contributed by atoms with Gasteiger partial charge in [-0.1, -0.05) is 38.1 Å². The second-order valence-electron chi connectivity index (χ2n) is 12.7. The van der Waals surface area contributed by atoms with Crippen molar-refractivity contribution in [2.24, 2.45) is 0 Å². The summed E-state index contributed by atoms with van der Waals surface area (Å²) in [5, 5.41) is 7.17. The predicted octanol–water partition coefficient (Wildman–Crippen LogP) is 12.4. The van der Waals surface area contributed by atoms with E-state index in [1.54, 1.807) is 10.9 Å². The molecule has 8 rings (SSSR count). The molecule has 2 N–H and O–H groups in total. The molecule has 0 saturated carbocycles. The Morgan fingerprint density at radius 1 is 0.754 bits per heavy atom. The van der Waals surface area contributed by atoms with Crippen LogP contribution >= 0.6 is 34.0 Å². The van der Waals surface area contributed by atoms with Gasteiger partial charge in [0.15, 0.2) is 0 Å². The number of carbonyl (C=O) groups is 3. The number of esters is 1. The predicted molar refractivity (Wildman–Crippen MR) is 232 cm³/mol. The summed E-state index contributed by atoms with van der Waals surface area (Å²) in [6.07, 6.45) is 8.31. The zero-order valence-electron chi connectivity index (χ0n) is 32.0. The van der Waals surface area contributed by atoms with Gasteiger partial charge in [-0.15, -0.1) is 34.0 Å². The summed E-state index contributed by atoms with van der Waals surface area (Å²) in [5.41, 5.74) is 6.11. The highest BCUT2D eigenvalue weighted by Crippen LogP contribution is 2.42. The Morgan fingerprint density at radius 3 is 2.05 bits per heavy atom. The molecule has 7 aromatic rings. The quantitative estimate of drug-likeness (QED) is 0.155. The zero-order valence-corrected chi connectivity index (χ0v) is 34.4. The van der Waals surface area contributed by atoms with Crippen molar-refractivity contribution in [1.29, 1.82) is 0 Å². The van der Waals surface area contributed by atoms with Crippen molar-refractivity contribution in [3.05, 3.63) is 140 Å². The van der Waals surface area contributed by atoms with Crippen LogP contribution < -0.4 is 10.6 Å². The summed E-state index contributed by atoms with van der Waals surface area (Å²) in [7, 11) is 1.32. The van der Waals surface area contributed by atoms with Crippen molar-refractivity contribution in [3.8, 4) is 21.6 Å². The van der Waals surface area contributed by atoms with E-state index in [4.69, 9.17) is 4.74 Å². The number of nitrogens with one attached hydrogen (secondary N) is 2. The number of carbonyl (C=O) groups excluding carboxylic acids is 3. The van der Waals surface area contributed by atoms with Crippen LogP contribution in [0.1, 0.15) is 81.5 Å². The molecule has 2 aromatic carbocycles. The lowest BCUT2D eigenvalue weighted by atomic mass is 9.92. The molecule has 0 saturated heterocycles. The van der Waals surface area contributed by atoms with Crippen LogP contribution in [0, 0.1) is 25.5 Å². The lowest BCUT2D eigenvalue weighted by molar-refractivity contribution is 0.0604. The number of aromatic nitrogens is 2. The SMILES string of the molecule is CC.COC(=O)c1c(-c2ccc(NC(=O)c3c(F)cccc3F)nc2)sc2ccsc12.Cc1ccccc1C(=O)Nc1ccc(-c2c(C)sc3c2CCCC3)cn1.[HH].[HH]. The zero-order chi connectivity index (χ0) is 40.6. The number of pyridine rings is 2. The summed E-state index contributed by atoms with van der Waals surface area (Å²) in [6.45, 7) is 8.14. The number of thiophene rings is 3. The van der Waals surface area contributed by atoms with Crippen LogP contribution in [0.3, 0.4) is 0 Å². The number of aryl methyl sites for hydroxylation is 3. The first-order chi connectivity index (χ1) is 27.6. The van der Waals surface area contributed by atoms with E-state index in [0.29, 0.717) is 27.4 Å². The number of anilines is 2. The third-order valence-corrected chi connectivity index (χ3v) is 12.6. The fourth-order valence-corrected chi connectivity index (χ4v) is 10.1. The minimum absolute atomic E-state index is 0. The summed E-state index contributed by atoms with van der Waals surface area (Å²) < 4.78 is 34.2. The van der Waals surface area contributed by atoms with Gasteiger partial charge in [0.25, 0.3) is 11.8 Å². The lowest BCUT2D eigenvalue weighted by Gasteiger charge is -2.13. The lowest BCUT2D eigenvalue weighted by Crippen LogP contribution is -2.16. The molecule has 0 unspecified atom stereocenters. The maximum Gasteiger partial charge on any atom is 0.340 e. The summed E-state index contributed by atoms with van der Waals surface area (Å²) >= 11 is 4.80. The molecule has 5 heterocycles. The number of fused-ring (bicyclic) bond motifs is 2. The third kappa shape index (κ3) is 9.01. The van der Waals surface area contributed by atoms with Crippen molar-refractivity contribution in [3.63, 3.8) is 0 Å². The number of methoxy groups -OCH3 is 1. The van der Waals surface area contributed by atoms with Crippen LogP contribution in [0.25, 0.3) is 31.0 Å². The third-order valence-electron chi connectivity index (χ3n) is 9.17. The summed E-state index contributed by atoms with van der Waals surface area (Å²) in [6, 6.07) is 19.8. The minimum atomic E-state index is -0.958. The normalized spacial score (nSPS) is 11.7. The Morgan fingerprint density at radius 2 is 1.40 bits per heavy atom. The van der Waals surface area contributed by atoms with Gasteiger partial charge < -0.3 is 15.4 Å². The molecular weight excluding hydrogens is 783 g/mol. The first-order valence-electron chi connectivity index (χ1n) is 18.4. The van der Waals surface area contributed by atoms with Gasteiger partial charge in [0, 0.05) is 52.0 Å². The van der Waals surface area contributed by atoms with Crippen LogP contribution in [-0.4, -0.2) is 34.9 Å². The summed E-state index contributed by atoms with van der Waals surface area (Å²) in [5.74, 6) is -2.70. The number of benzene rings is 2. The number of halogens is 2. The van der Waals surface area contributed by atoms with Crippen molar-refractivity contribution in [2.45, 2.75) is 53.4 Å². The average molecular weight is 827 g/mol. The Hall–Kier alpha value is -5.63. The van der Waals surface area contributed by atoms with Crippen LogP contribution in [0.15, 0.2) is 90.6 Å². The minimum Gasteiger partial charge on any atom is -0.465 e. The van der Waals surface area contributed by atoms with Gasteiger partial charge >= 0.3 is 5.97 Å². The molecule has 0 atom stereocenters. The Bertz CT molecular complexity index is 2540. The number of ether oxygens (including phenoxy) is 1. The molecule has 0 spiro atoms. The van der Waals surface area contributed by atoms with Gasteiger partial charge in [0.1, 0.15) is 28.8 Å². The smallest absolute Gasteiger partial charge is 0.340 e. The Kier molecular flexibility index (Phi) is 13.3. The van der Waals surface area contributed by atoms with Gasteiger partial charge in [-0.05, 0) is 105 Å². The standard InChI is InChI=1S/C22H22N2OS.C20H12F2N2O3S2.C2H6.2H2/c1-14-7-3-4-8-17(14)22(25)24-20-12-11-16(13-23-20)21-15(2)26-19-10-6-5-9-18(19)21;1-27-20(26)16-17(29-13-7-8-28-18(13)16)10-5-6-14(23-9-10)24-19(25)15-11(21)3-2-4-12(15)22;1-2;;/h3-4,7-8,11-13H,5-6,9-10H2,1-2H3,(H,23,24,25);2-9H,1H3,(H,23,24,25);1-2H3;2*1H. The molecule has 296 valence electrons. The number of hydrogen-bond donors (Lipinski definition) is 2. The van der Waals surface area contributed by atoms with E-state index in [0.717, 1.165) is 32.7 Å². The van der Waals surface area contributed by atoms with Crippen LogP contribution in [0.2, 0.25) is 0 Å². The average Bonchev–Trinajstić information content (AvgIpc) is 3.92. The Balaban J connectivity index is 0.000000243. The van der Waals surface area contributed by atoms with E-state index in [1.165, 1.54) is 89.8 Å². The highest BCUT2D eigenvalue weighted by Gasteiger charge is 2.23. The van der Waals surface area contributed by atoms with Crippen LogP contribution in [-0.2, 0) is 17.6 Å². The van der Waals surface area contributed by atoms with Gasteiger partial charge in [-0.3, -0.25) is 9.59 Å². The van der Waals surface area contributed by atoms with E-state index in [2.05, 4.69) is 33.6 Å². The molecule has 1 aliphatic rings. The maximum atomic E-state index is 13.8. The largest absolute Gasteiger partial charge is 0.465 e. The second-order valence-corrected chi connectivity index (χ2v) is 16.0. The molecule has 5 aromatic heterocycles. The number of rotatable bonds is 7. The highest BCUT2D eigenvalue weighted by atomic mass is 32.1. The van der Waals surface area contributed by atoms with E-state index < -0.39 is 29.1 Å². The first-order valence-corrected chi connectivity index (χ1v) is 20.9. The molecule has 1 aliphatic carbocycles.